The number of fused-ring (bicyclic) bond motifs is 2. The number of nitrogens with one attached hydrogen (secondary N) is 1. The minimum absolute atomic E-state index is 0.0183. The molecule has 1 aliphatic carbocycles. The molecule has 0 bridgehead atoms. The Morgan fingerprint density at radius 2 is 2.12 bits per heavy atom. The van der Waals surface area contributed by atoms with Gasteiger partial charge in [-0.15, -0.1) is 0 Å². The third kappa shape index (κ3) is 3.22. The highest BCUT2D eigenvalue weighted by molar-refractivity contribution is 5.84. The maximum absolute atomic E-state index is 12.3. The minimum Gasteiger partial charge on any atom is -0.484 e. The van der Waals surface area contributed by atoms with Gasteiger partial charge in [0.1, 0.15) is 5.75 Å². The van der Waals surface area contributed by atoms with E-state index in [0.29, 0.717) is 5.75 Å². The summed E-state index contributed by atoms with van der Waals surface area (Å²) >= 11 is 0. The average molecular weight is 335 g/mol. The third-order valence-electron chi connectivity index (χ3n) is 4.80. The van der Waals surface area contributed by atoms with Crippen molar-refractivity contribution in [1.82, 2.24) is 15.1 Å². The van der Waals surface area contributed by atoms with Gasteiger partial charge < -0.3 is 10.1 Å². The van der Waals surface area contributed by atoms with Gasteiger partial charge in [0, 0.05) is 18.3 Å². The zero-order valence-electron chi connectivity index (χ0n) is 14.2. The fourth-order valence-electron chi connectivity index (χ4n) is 3.50. The minimum atomic E-state index is -0.102. The molecular weight excluding hydrogens is 314 g/mol. The van der Waals surface area contributed by atoms with E-state index in [1.54, 1.807) is 0 Å². The lowest BCUT2D eigenvalue weighted by atomic mass is 9.93. The second-order valence-corrected chi connectivity index (χ2v) is 6.48. The highest BCUT2D eigenvalue weighted by atomic mass is 16.5. The van der Waals surface area contributed by atoms with Crippen molar-refractivity contribution in [2.75, 3.05) is 6.61 Å². The molecule has 1 atom stereocenters. The zero-order valence-corrected chi connectivity index (χ0v) is 14.2. The number of carbonyl (C=O) groups is 1. The molecule has 5 heteroatoms. The van der Waals surface area contributed by atoms with E-state index in [9.17, 15) is 4.79 Å². The number of carbonyl (C=O) groups excluding carboxylic acids is 1. The molecule has 0 saturated carbocycles. The monoisotopic (exact) mass is 335 g/mol. The predicted molar refractivity (Wildman–Crippen MR) is 96.5 cm³/mol. The highest BCUT2D eigenvalue weighted by Gasteiger charge is 2.24. The van der Waals surface area contributed by atoms with Gasteiger partial charge in [0.25, 0.3) is 5.91 Å². The topological polar surface area (TPSA) is 56.2 Å². The van der Waals surface area contributed by atoms with E-state index in [1.165, 1.54) is 5.69 Å². The van der Waals surface area contributed by atoms with Crippen LogP contribution in [0.15, 0.2) is 48.7 Å². The Hall–Kier alpha value is -2.82. The van der Waals surface area contributed by atoms with Gasteiger partial charge in [-0.25, -0.2) is 0 Å². The standard InChI is InChI=1S/C20H21N3O2/c1-23-19-8-4-7-18(17(19)12-21-23)22-20(24)13-25-16-10-9-14-5-2-3-6-15(14)11-16/h2-3,5-6,9-12,18H,4,7-8,13H2,1H3,(H,22,24)/t18-/m1/s1. The van der Waals surface area contributed by atoms with E-state index in [1.807, 2.05) is 54.3 Å². The molecular formula is C20H21N3O2. The molecule has 1 N–H and O–H groups in total. The molecule has 0 radical (unpaired) electrons. The number of ether oxygens (including phenoxy) is 1. The van der Waals surface area contributed by atoms with Crippen LogP contribution < -0.4 is 10.1 Å². The van der Waals surface area contributed by atoms with Crippen molar-refractivity contribution in [1.29, 1.82) is 0 Å². The number of aryl methyl sites for hydroxylation is 1. The van der Waals surface area contributed by atoms with Crippen LogP contribution in [0, 0.1) is 0 Å². The summed E-state index contributed by atoms with van der Waals surface area (Å²) in [5, 5.41) is 9.65. The van der Waals surface area contributed by atoms with Gasteiger partial charge in [0.15, 0.2) is 6.61 Å². The van der Waals surface area contributed by atoms with Crippen molar-refractivity contribution >= 4 is 16.7 Å². The molecule has 1 aliphatic rings. The van der Waals surface area contributed by atoms with Gasteiger partial charge in [-0.2, -0.15) is 5.10 Å². The lowest BCUT2D eigenvalue weighted by Crippen LogP contribution is -2.34. The van der Waals surface area contributed by atoms with Crippen LogP contribution in [0.1, 0.15) is 30.1 Å². The number of hydrogen-bond acceptors (Lipinski definition) is 3. The van der Waals surface area contributed by atoms with Gasteiger partial charge in [-0.3, -0.25) is 9.48 Å². The van der Waals surface area contributed by atoms with Crippen molar-refractivity contribution in [2.24, 2.45) is 7.05 Å². The molecule has 1 amide bonds. The maximum Gasteiger partial charge on any atom is 0.258 e. The Labute approximate surface area is 146 Å². The Bertz CT molecular complexity index is 916. The number of hydrogen-bond donors (Lipinski definition) is 1. The number of rotatable bonds is 4. The van der Waals surface area contributed by atoms with Crippen LogP contribution in [0.2, 0.25) is 0 Å². The van der Waals surface area contributed by atoms with Crippen molar-refractivity contribution in [2.45, 2.75) is 25.3 Å². The lowest BCUT2D eigenvalue weighted by molar-refractivity contribution is -0.123. The van der Waals surface area contributed by atoms with Crippen LogP contribution in [0.25, 0.3) is 10.8 Å². The number of amides is 1. The Morgan fingerprint density at radius 1 is 1.28 bits per heavy atom. The van der Waals surface area contributed by atoms with Crippen LogP contribution >= 0.6 is 0 Å². The van der Waals surface area contributed by atoms with Crippen LogP contribution in [0.3, 0.4) is 0 Å². The first kappa shape index (κ1) is 15.7. The SMILES string of the molecule is Cn1ncc2c1CCC[C@H]2NC(=O)COc1ccc2ccccc2c1. The quantitative estimate of drug-likeness (QED) is 0.797. The largest absolute Gasteiger partial charge is 0.484 e. The predicted octanol–water partition coefficient (Wildman–Crippen LogP) is 3.15. The molecule has 1 heterocycles. The second kappa shape index (κ2) is 6.59. The molecule has 4 rings (SSSR count). The molecule has 0 aliphatic heterocycles. The van der Waals surface area contributed by atoms with Crippen molar-refractivity contribution in [3.63, 3.8) is 0 Å². The molecule has 0 saturated heterocycles. The van der Waals surface area contributed by atoms with E-state index in [0.717, 1.165) is 35.6 Å². The first-order chi connectivity index (χ1) is 12.2. The van der Waals surface area contributed by atoms with Gasteiger partial charge in [-0.1, -0.05) is 30.3 Å². The van der Waals surface area contributed by atoms with Gasteiger partial charge in [0.2, 0.25) is 0 Å². The van der Waals surface area contributed by atoms with E-state index in [4.69, 9.17) is 4.74 Å². The third-order valence-corrected chi connectivity index (χ3v) is 4.80. The zero-order chi connectivity index (χ0) is 17.2. The molecule has 25 heavy (non-hydrogen) atoms. The highest BCUT2D eigenvalue weighted by Crippen LogP contribution is 2.29. The molecule has 1 aromatic heterocycles. The summed E-state index contributed by atoms with van der Waals surface area (Å²) in [5.74, 6) is 0.606. The second-order valence-electron chi connectivity index (χ2n) is 6.48. The van der Waals surface area contributed by atoms with E-state index < -0.39 is 0 Å². The fourth-order valence-corrected chi connectivity index (χ4v) is 3.50. The van der Waals surface area contributed by atoms with Gasteiger partial charge in [-0.05, 0) is 42.2 Å². The molecule has 5 nitrogen and oxygen atoms in total. The summed E-state index contributed by atoms with van der Waals surface area (Å²) in [5.41, 5.74) is 2.35. The summed E-state index contributed by atoms with van der Waals surface area (Å²) in [4.78, 5) is 12.3. The van der Waals surface area contributed by atoms with Crippen LogP contribution in [0.4, 0.5) is 0 Å². The summed E-state index contributed by atoms with van der Waals surface area (Å²) in [6, 6.07) is 14.0. The maximum atomic E-state index is 12.3. The molecule has 0 spiro atoms. The van der Waals surface area contributed by atoms with E-state index >= 15 is 0 Å². The molecule has 2 aromatic carbocycles. The Balaban J connectivity index is 1.39. The van der Waals surface area contributed by atoms with E-state index in [2.05, 4.69) is 16.5 Å². The van der Waals surface area contributed by atoms with Crippen LogP contribution in [-0.2, 0) is 18.3 Å². The van der Waals surface area contributed by atoms with Crippen LogP contribution in [-0.4, -0.2) is 22.3 Å². The first-order valence-electron chi connectivity index (χ1n) is 8.62. The van der Waals surface area contributed by atoms with Crippen molar-refractivity contribution in [3.8, 4) is 5.75 Å². The lowest BCUT2D eigenvalue weighted by Gasteiger charge is -2.23. The van der Waals surface area contributed by atoms with Gasteiger partial charge >= 0.3 is 0 Å². The average Bonchev–Trinajstić information content (AvgIpc) is 3.02. The summed E-state index contributed by atoms with van der Waals surface area (Å²) < 4.78 is 7.58. The summed E-state index contributed by atoms with van der Waals surface area (Å²) in [6.07, 6.45) is 4.89. The number of benzene rings is 2. The number of aromatic nitrogens is 2. The molecule has 3 aromatic rings. The van der Waals surface area contributed by atoms with Crippen molar-refractivity contribution in [3.05, 3.63) is 59.9 Å². The Kier molecular flexibility index (Phi) is 4.14. The number of nitrogens with zero attached hydrogens (tertiary/aromatic N) is 2. The Morgan fingerprint density at radius 3 is 3.00 bits per heavy atom. The van der Waals surface area contributed by atoms with Crippen LogP contribution in [0.5, 0.6) is 5.75 Å². The normalized spacial score (nSPS) is 16.4. The smallest absolute Gasteiger partial charge is 0.258 e. The van der Waals surface area contributed by atoms with E-state index in [-0.39, 0.29) is 18.6 Å². The summed E-state index contributed by atoms with van der Waals surface area (Å²) in [6.45, 7) is 0.0183. The summed E-state index contributed by atoms with van der Waals surface area (Å²) in [7, 11) is 1.95. The molecule has 128 valence electrons. The molecule has 0 fully saturated rings. The van der Waals surface area contributed by atoms with Gasteiger partial charge in [0.05, 0.1) is 12.2 Å². The molecule has 0 unspecified atom stereocenters. The first-order valence-corrected chi connectivity index (χ1v) is 8.62. The fraction of sp³-hybridized carbons (Fsp3) is 0.300. The van der Waals surface area contributed by atoms with Crippen molar-refractivity contribution < 1.29 is 9.53 Å².